The van der Waals surface area contributed by atoms with E-state index in [1.54, 1.807) is 6.20 Å². The first kappa shape index (κ1) is 20.9. The molecule has 1 N–H and O–H groups in total. The van der Waals surface area contributed by atoms with Gasteiger partial charge in [-0.15, -0.1) is 0 Å². The average Bonchev–Trinajstić information content (AvgIpc) is 3.60. The van der Waals surface area contributed by atoms with Gasteiger partial charge in [-0.05, 0) is 66.1 Å². The molecule has 0 bridgehead atoms. The highest BCUT2D eigenvalue weighted by atomic mass is 15.2. The third-order valence-electron chi connectivity index (χ3n) is 6.18. The van der Waals surface area contributed by atoms with Crippen LogP contribution in [0.4, 0.5) is 5.95 Å². The molecular formula is C29H24N6. The van der Waals surface area contributed by atoms with Crippen molar-refractivity contribution in [3.8, 4) is 22.6 Å². The minimum absolute atomic E-state index is 0.0949. The molecule has 0 saturated carbocycles. The maximum atomic E-state index is 4.74. The van der Waals surface area contributed by atoms with E-state index < -0.39 is 0 Å². The Morgan fingerprint density at radius 3 is 2.34 bits per heavy atom. The van der Waals surface area contributed by atoms with Gasteiger partial charge in [0.25, 0.3) is 0 Å². The van der Waals surface area contributed by atoms with E-state index in [1.807, 2.05) is 59.7 Å². The van der Waals surface area contributed by atoms with Crippen molar-refractivity contribution in [3.63, 3.8) is 0 Å². The number of aromatic nitrogens is 5. The van der Waals surface area contributed by atoms with Crippen molar-refractivity contribution in [2.75, 3.05) is 5.32 Å². The van der Waals surface area contributed by atoms with E-state index in [4.69, 9.17) is 4.98 Å². The molecule has 3 heterocycles. The molecule has 6 nitrogen and oxygen atoms in total. The molecule has 3 aromatic heterocycles. The summed E-state index contributed by atoms with van der Waals surface area (Å²) >= 11 is 0. The van der Waals surface area contributed by atoms with Crippen LogP contribution in [0.5, 0.6) is 0 Å². The van der Waals surface area contributed by atoms with Crippen molar-refractivity contribution in [1.82, 2.24) is 24.1 Å². The molecule has 1 unspecified atom stereocenters. The number of benzene rings is 3. The fraction of sp³-hybridized carbons (Fsp3) is 0.0690. The van der Waals surface area contributed by atoms with Gasteiger partial charge < -0.3 is 9.88 Å². The van der Waals surface area contributed by atoms with Crippen LogP contribution in [0.1, 0.15) is 18.5 Å². The number of hydrogen-bond donors (Lipinski definition) is 1. The lowest BCUT2D eigenvalue weighted by molar-refractivity contribution is 0.854. The third kappa shape index (κ3) is 4.17. The quantitative estimate of drug-likeness (QED) is 0.313. The van der Waals surface area contributed by atoms with Crippen molar-refractivity contribution < 1.29 is 0 Å². The highest BCUT2D eigenvalue weighted by Crippen LogP contribution is 2.26. The molecule has 0 aliphatic rings. The zero-order valence-corrected chi connectivity index (χ0v) is 19.3. The van der Waals surface area contributed by atoms with E-state index in [-0.39, 0.29) is 6.04 Å². The van der Waals surface area contributed by atoms with Gasteiger partial charge in [0, 0.05) is 24.3 Å². The van der Waals surface area contributed by atoms with Crippen LogP contribution in [0, 0.1) is 0 Å². The van der Waals surface area contributed by atoms with Crippen LogP contribution >= 0.6 is 0 Å². The van der Waals surface area contributed by atoms with Gasteiger partial charge in [-0.1, -0.05) is 48.5 Å². The number of fused-ring (bicyclic) bond motifs is 1. The molecule has 6 heteroatoms. The fourth-order valence-electron chi connectivity index (χ4n) is 4.28. The van der Waals surface area contributed by atoms with Crippen LogP contribution in [0.15, 0.2) is 116 Å². The number of nitrogens with one attached hydrogen (secondary N) is 1. The van der Waals surface area contributed by atoms with Gasteiger partial charge in [-0.25, -0.2) is 9.97 Å². The minimum atomic E-state index is 0.0949. The van der Waals surface area contributed by atoms with Crippen molar-refractivity contribution in [1.29, 1.82) is 0 Å². The average molecular weight is 457 g/mol. The normalized spacial score (nSPS) is 12.0. The lowest BCUT2D eigenvalue weighted by atomic mass is 10.0. The molecule has 0 aliphatic carbocycles. The molecule has 1 atom stereocenters. The SMILES string of the molecule is CC(Nc1nccc(-n2cnc3cc(-c4ccc(-n5cccc5)cc4)ccc32)n1)c1ccccc1. The Morgan fingerprint density at radius 1 is 0.771 bits per heavy atom. The topological polar surface area (TPSA) is 60.6 Å². The summed E-state index contributed by atoms with van der Waals surface area (Å²) in [7, 11) is 0. The number of nitrogens with zero attached hydrogens (tertiary/aromatic N) is 5. The Labute approximate surface area is 203 Å². The molecule has 0 spiro atoms. The smallest absolute Gasteiger partial charge is 0.225 e. The molecule has 6 aromatic rings. The highest BCUT2D eigenvalue weighted by molar-refractivity contribution is 5.83. The molecule has 3 aromatic carbocycles. The van der Waals surface area contributed by atoms with Gasteiger partial charge in [-0.3, -0.25) is 4.57 Å². The van der Waals surface area contributed by atoms with Gasteiger partial charge in [-0.2, -0.15) is 4.98 Å². The summed E-state index contributed by atoms with van der Waals surface area (Å²) in [5, 5.41) is 3.40. The molecule has 0 amide bonds. The van der Waals surface area contributed by atoms with E-state index in [9.17, 15) is 0 Å². The van der Waals surface area contributed by atoms with E-state index >= 15 is 0 Å². The van der Waals surface area contributed by atoms with Crippen LogP contribution in [0.3, 0.4) is 0 Å². The number of anilines is 1. The van der Waals surface area contributed by atoms with E-state index in [2.05, 4.69) is 81.4 Å². The third-order valence-corrected chi connectivity index (χ3v) is 6.18. The first-order chi connectivity index (χ1) is 17.2. The van der Waals surface area contributed by atoms with Gasteiger partial charge in [0.05, 0.1) is 17.1 Å². The predicted molar refractivity (Wildman–Crippen MR) is 140 cm³/mol. The van der Waals surface area contributed by atoms with Crippen molar-refractivity contribution in [2.45, 2.75) is 13.0 Å². The first-order valence-corrected chi connectivity index (χ1v) is 11.6. The molecule has 35 heavy (non-hydrogen) atoms. The summed E-state index contributed by atoms with van der Waals surface area (Å²) in [5.41, 5.74) is 6.52. The molecule has 0 fully saturated rings. The second-order valence-electron chi connectivity index (χ2n) is 8.47. The fourth-order valence-corrected chi connectivity index (χ4v) is 4.28. The summed E-state index contributed by atoms with van der Waals surface area (Å²) in [6.45, 7) is 2.10. The maximum absolute atomic E-state index is 4.74. The number of rotatable bonds is 6. The molecule has 170 valence electrons. The minimum Gasteiger partial charge on any atom is -0.348 e. The first-order valence-electron chi connectivity index (χ1n) is 11.6. The maximum Gasteiger partial charge on any atom is 0.225 e. The summed E-state index contributed by atoms with van der Waals surface area (Å²) < 4.78 is 4.09. The summed E-state index contributed by atoms with van der Waals surface area (Å²) in [6.07, 6.45) is 7.68. The number of imidazole rings is 1. The zero-order chi connectivity index (χ0) is 23.6. The molecule has 0 aliphatic heterocycles. The van der Waals surface area contributed by atoms with Crippen LogP contribution < -0.4 is 5.32 Å². The second-order valence-corrected chi connectivity index (χ2v) is 8.47. The van der Waals surface area contributed by atoms with Crippen molar-refractivity contribution >= 4 is 17.0 Å². The van der Waals surface area contributed by atoms with Crippen LogP contribution in [-0.4, -0.2) is 24.1 Å². The van der Waals surface area contributed by atoms with Gasteiger partial charge >= 0.3 is 0 Å². The summed E-state index contributed by atoms with van der Waals surface area (Å²) in [5.74, 6) is 1.36. The Morgan fingerprint density at radius 2 is 1.54 bits per heavy atom. The molecule has 0 saturated heterocycles. The highest BCUT2D eigenvalue weighted by Gasteiger charge is 2.11. The Kier molecular flexibility index (Phi) is 5.31. The standard InChI is InChI=1S/C29H24N6/c1-21(22-7-3-2-4-8-22)32-29-30-16-15-28(33-29)35-20-31-26-19-24(11-14-27(26)35)23-9-12-25(13-10-23)34-17-5-6-18-34/h2-21H,1H3,(H,30,32,33). The zero-order valence-electron chi connectivity index (χ0n) is 19.3. The lowest BCUT2D eigenvalue weighted by Gasteiger charge is -2.14. The summed E-state index contributed by atoms with van der Waals surface area (Å²) in [4.78, 5) is 13.8. The Bertz CT molecular complexity index is 1570. The molecule has 0 radical (unpaired) electrons. The van der Waals surface area contributed by atoms with Gasteiger partial charge in [0.1, 0.15) is 12.1 Å². The van der Waals surface area contributed by atoms with Crippen LogP contribution in [-0.2, 0) is 0 Å². The van der Waals surface area contributed by atoms with Gasteiger partial charge in [0.2, 0.25) is 5.95 Å². The van der Waals surface area contributed by atoms with Crippen molar-refractivity contribution in [2.24, 2.45) is 0 Å². The van der Waals surface area contributed by atoms with Crippen LogP contribution in [0.25, 0.3) is 33.7 Å². The number of hydrogen-bond acceptors (Lipinski definition) is 4. The predicted octanol–water partition coefficient (Wildman–Crippen LogP) is 6.45. The molecule has 6 rings (SSSR count). The van der Waals surface area contributed by atoms with E-state index in [1.165, 1.54) is 5.56 Å². The molecular weight excluding hydrogens is 432 g/mol. The lowest BCUT2D eigenvalue weighted by Crippen LogP contribution is -2.10. The monoisotopic (exact) mass is 456 g/mol. The summed E-state index contributed by atoms with van der Waals surface area (Å²) in [6, 6.07) is 31.2. The van der Waals surface area contributed by atoms with Gasteiger partial charge in [0.15, 0.2) is 0 Å². The van der Waals surface area contributed by atoms with E-state index in [0.717, 1.165) is 33.7 Å². The Hall–Kier alpha value is -4.71. The largest absolute Gasteiger partial charge is 0.348 e. The second kappa shape index (κ2) is 8.91. The Balaban J connectivity index is 1.26. The van der Waals surface area contributed by atoms with Crippen molar-refractivity contribution in [3.05, 3.63) is 121 Å². The van der Waals surface area contributed by atoms with E-state index in [0.29, 0.717) is 5.95 Å². The van der Waals surface area contributed by atoms with Crippen LogP contribution in [0.2, 0.25) is 0 Å².